The first-order valence-corrected chi connectivity index (χ1v) is 21.9. The van der Waals surface area contributed by atoms with Crippen LogP contribution in [0.4, 0.5) is 5.69 Å². The van der Waals surface area contributed by atoms with Gasteiger partial charge in [0, 0.05) is 58.9 Å². The van der Waals surface area contributed by atoms with E-state index in [9.17, 15) is 13.2 Å². The molecule has 0 spiro atoms. The lowest BCUT2D eigenvalue weighted by Crippen LogP contribution is -2.40. The third kappa shape index (κ3) is 10.4. The molecule has 1 fully saturated rings. The molecule has 0 atom stereocenters. The zero-order valence-electron chi connectivity index (χ0n) is 35.0. The number of fused-ring (bicyclic) bond motifs is 2. The van der Waals surface area contributed by atoms with E-state index in [1.54, 1.807) is 12.3 Å². The maximum Gasteiger partial charge on any atom is 0.341 e. The van der Waals surface area contributed by atoms with Gasteiger partial charge in [-0.25, -0.2) is 23.2 Å². The number of benzene rings is 3. The molecule has 15 heteroatoms. The third-order valence-electron chi connectivity index (χ3n) is 9.74. The van der Waals surface area contributed by atoms with E-state index in [4.69, 9.17) is 9.47 Å². The Balaban J connectivity index is 0.000000214. The summed E-state index contributed by atoms with van der Waals surface area (Å²) in [6, 6.07) is 19.4. The number of nitrogens with zero attached hydrogens (tertiary/aromatic N) is 7. The third-order valence-corrected chi connectivity index (χ3v) is 12.6. The van der Waals surface area contributed by atoms with Crippen molar-refractivity contribution in [2.24, 2.45) is 0 Å². The lowest BCUT2D eigenvalue weighted by Gasteiger charge is -2.26. The first-order chi connectivity index (χ1) is 28.3. The topological polar surface area (TPSA) is 153 Å². The highest BCUT2D eigenvalue weighted by Gasteiger charge is 2.28. The molecule has 1 saturated heterocycles. The molecule has 1 aliphatic heterocycles. The van der Waals surface area contributed by atoms with Gasteiger partial charge in [0.1, 0.15) is 16.3 Å². The molecule has 13 nitrogen and oxygen atoms in total. The van der Waals surface area contributed by atoms with E-state index < -0.39 is 10.0 Å². The van der Waals surface area contributed by atoms with Crippen molar-refractivity contribution in [1.29, 1.82) is 0 Å². The predicted octanol–water partition coefficient (Wildman–Crippen LogP) is 7.58. The highest BCUT2D eigenvalue weighted by atomic mass is 32.2. The van der Waals surface area contributed by atoms with Crippen LogP contribution in [0, 0.1) is 34.6 Å². The first kappa shape index (κ1) is 43.5. The SMILES string of the molecule is CCOC(=O)c1cnc2c(C)cc(C)cc2c1NCCCN(C)C.Cc1cc(C)nc(Sc2nnc(-c3ccc(C)c(S(=O)(=O)N4CCOCC4)c3)c3ccccc23)n1. The predicted molar refractivity (Wildman–Crippen MR) is 234 cm³/mol. The number of aromatic nitrogens is 5. The molecule has 4 heterocycles. The van der Waals surface area contributed by atoms with E-state index in [-0.39, 0.29) is 10.9 Å². The number of rotatable bonds is 12. The normalized spacial score (nSPS) is 13.4. The minimum absolute atomic E-state index is 0.282. The van der Waals surface area contributed by atoms with Crippen molar-refractivity contribution in [1.82, 2.24) is 34.4 Å². The monoisotopic (exact) mass is 836 g/mol. The average Bonchev–Trinajstić information content (AvgIpc) is 3.20. The van der Waals surface area contributed by atoms with Crippen molar-refractivity contribution in [2.45, 2.75) is 63.0 Å². The highest BCUT2D eigenvalue weighted by molar-refractivity contribution is 7.99. The molecule has 0 radical (unpaired) electrons. The van der Waals surface area contributed by atoms with E-state index in [0.29, 0.717) is 65.5 Å². The summed E-state index contributed by atoms with van der Waals surface area (Å²) in [4.78, 5) is 28.3. The zero-order chi connectivity index (χ0) is 42.3. The number of anilines is 1. The van der Waals surface area contributed by atoms with Crippen molar-refractivity contribution >= 4 is 55.1 Å². The zero-order valence-corrected chi connectivity index (χ0v) is 36.6. The standard InChI is InChI=1S/C25H25N5O3S2.C19H27N3O2/c1-16-8-9-19(15-22(16)35(31,32)30-10-12-33-13-11-30)23-20-6-4-5-7-21(20)24(29-28-23)34-25-26-17(2)14-18(3)27-25;1-6-24-19(23)16-12-21-17-14(3)10-13(2)11-15(17)18(16)20-8-7-9-22(4)5/h4-9,14-15H,10-13H2,1-3H3;10-12H,6-9H2,1-5H3,(H,20,21). The van der Waals surface area contributed by atoms with Crippen molar-refractivity contribution in [3.63, 3.8) is 0 Å². The number of morpholine rings is 1. The summed E-state index contributed by atoms with van der Waals surface area (Å²) < 4.78 is 38.8. The summed E-state index contributed by atoms with van der Waals surface area (Å²) in [6.07, 6.45) is 2.61. The minimum Gasteiger partial charge on any atom is -0.462 e. The number of sulfonamides is 1. The van der Waals surface area contributed by atoms with Crippen LogP contribution in [0.1, 0.15) is 51.8 Å². The number of carbonyl (C=O) groups excluding carboxylic acids is 1. The number of nitrogens with one attached hydrogen (secondary N) is 1. The summed E-state index contributed by atoms with van der Waals surface area (Å²) >= 11 is 1.37. The number of hydrogen-bond donors (Lipinski definition) is 1. The van der Waals surface area contributed by atoms with Crippen molar-refractivity contribution < 1.29 is 22.7 Å². The molecule has 1 aliphatic rings. The molecule has 3 aromatic heterocycles. The maximum absolute atomic E-state index is 13.4. The Morgan fingerprint density at radius 1 is 0.898 bits per heavy atom. The number of aryl methyl sites for hydroxylation is 5. The number of hydrogen-bond acceptors (Lipinski definition) is 13. The molecule has 310 valence electrons. The summed E-state index contributed by atoms with van der Waals surface area (Å²) in [5.41, 5.74) is 8.31. The maximum atomic E-state index is 13.4. The summed E-state index contributed by atoms with van der Waals surface area (Å²) in [6.45, 7) is 15.2. The van der Waals surface area contributed by atoms with Gasteiger partial charge in [-0.15, -0.1) is 10.2 Å². The lowest BCUT2D eigenvalue weighted by molar-refractivity contribution is 0.0527. The Labute approximate surface area is 351 Å². The number of esters is 1. The van der Waals surface area contributed by atoms with Crippen LogP contribution in [0.15, 0.2) is 81.9 Å². The fourth-order valence-corrected chi connectivity index (χ4v) is 9.55. The summed E-state index contributed by atoms with van der Waals surface area (Å²) in [7, 11) is 0.459. The largest absolute Gasteiger partial charge is 0.462 e. The molecule has 59 heavy (non-hydrogen) atoms. The van der Waals surface area contributed by atoms with Gasteiger partial charge in [0.05, 0.1) is 35.9 Å². The quantitative estimate of drug-likeness (QED) is 0.0733. The van der Waals surface area contributed by atoms with Crippen LogP contribution in [0.2, 0.25) is 0 Å². The van der Waals surface area contributed by atoms with Crippen LogP contribution in [0.3, 0.4) is 0 Å². The average molecular weight is 837 g/mol. The molecule has 0 saturated carbocycles. The summed E-state index contributed by atoms with van der Waals surface area (Å²) in [5.74, 6) is -0.332. The van der Waals surface area contributed by atoms with E-state index in [0.717, 1.165) is 69.4 Å². The van der Waals surface area contributed by atoms with E-state index in [1.807, 2.05) is 77.1 Å². The molecular weight excluding hydrogens is 785 g/mol. The van der Waals surface area contributed by atoms with Gasteiger partial charge in [-0.3, -0.25) is 4.98 Å². The Morgan fingerprint density at radius 2 is 1.61 bits per heavy atom. The summed E-state index contributed by atoms with van der Waals surface area (Å²) in [5, 5.41) is 16.5. The number of ether oxygens (including phenoxy) is 2. The molecule has 3 aromatic carbocycles. The van der Waals surface area contributed by atoms with E-state index in [1.165, 1.54) is 16.1 Å². The van der Waals surface area contributed by atoms with Crippen LogP contribution >= 0.6 is 11.8 Å². The van der Waals surface area contributed by atoms with Crippen LogP contribution in [0.5, 0.6) is 0 Å². The number of pyridine rings is 1. The van der Waals surface area contributed by atoms with Gasteiger partial charge in [0.15, 0.2) is 5.16 Å². The fraction of sp³-hybridized carbons (Fsp3) is 0.364. The van der Waals surface area contributed by atoms with Gasteiger partial charge in [0.25, 0.3) is 0 Å². The molecule has 0 aliphatic carbocycles. The molecular formula is C44H52N8O5S2. The van der Waals surface area contributed by atoms with Gasteiger partial charge in [-0.05, 0) is 110 Å². The Bertz CT molecular complexity index is 2560. The number of carbonyl (C=O) groups is 1. The highest BCUT2D eigenvalue weighted by Crippen LogP contribution is 2.36. The Morgan fingerprint density at radius 3 is 2.31 bits per heavy atom. The molecule has 0 unspecified atom stereocenters. The van der Waals surface area contributed by atoms with Gasteiger partial charge in [-0.2, -0.15) is 4.31 Å². The molecule has 0 bridgehead atoms. The van der Waals surface area contributed by atoms with Crippen molar-refractivity contribution in [3.05, 3.63) is 101 Å². The van der Waals surface area contributed by atoms with Crippen LogP contribution < -0.4 is 5.32 Å². The Kier molecular flexibility index (Phi) is 14.3. The molecule has 0 amide bonds. The van der Waals surface area contributed by atoms with Crippen LogP contribution in [0.25, 0.3) is 32.9 Å². The van der Waals surface area contributed by atoms with Crippen molar-refractivity contribution in [3.8, 4) is 11.3 Å². The molecule has 7 rings (SSSR count). The van der Waals surface area contributed by atoms with Gasteiger partial charge in [0.2, 0.25) is 10.0 Å². The smallest absolute Gasteiger partial charge is 0.341 e. The molecule has 6 aromatic rings. The Hall–Kier alpha value is -5.06. The van der Waals surface area contributed by atoms with Gasteiger partial charge in [-0.1, -0.05) is 48.0 Å². The second kappa shape index (κ2) is 19.3. The fourth-order valence-electron chi connectivity index (χ4n) is 6.97. The van der Waals surface area contributed by atoms with Crippen LogP contribution in [-0.4, -0.2) is 109 Å². The van der Waals surface area contributed by atoms with E-state index >= 15 is 0 Å². The van der Waals surface area contributed by atoms with Crippen LogP contribution in [-0.2, 0) is 19.5 Å². The van der Waals surface area contributed by atoms with E-state index in [2.05, 4.69) is 68.5 Å². The second-order valence-corrected chi connectivity index (χ2v) is 17.6. The minimum atomic E-state index is -3.65. The lowest BCUT2D eigenvalue weighted by atomic mass is 10.0. The van der Waals surface area contributed by atoms with Crippen molar-refractivity contribution in [2.75, 3.05) is 65.4 Å². The second-order valence-electron chi connectivity index (χ2n) is 14.8. The first-order valence-electron chi connectivity index (χ1n) is 19.7. The van der Waals surface area contributed by atoms with Gasteiger partial charge >= 0.3 is 5.97 Å². The molecule has 1 N–H and O–H groups in total. The van der Waals surface area contributed by atoms with Gasteiger partial charge < -0.3 is 19.7 Å².